The van der Waals surface area contributed by atoms with Crippen LogP contribution in [0.4, 0.5) is 11.4 Å². The first-order valence-electron chi connectivity index (χ1n) is 8.50. The number of pyridine rings is 1. The predicted octanol–water partition coefficient (Wildman–Crippen LogP) is 3.18. The molecule has 0 spiro atoms. The minimum atomic E-state index is -0.232. The van der Waals surface area contributed by atoms with Crippen LogP contribution < -0.4 is 16.4 Å². The smallest absolute Gasteiger partial charge is 0.255 e. The Kier molecular flexibility index (Phi) is 7.59. The molecule has 0 saturated carbocycles. The number of nitrogens with zero attached hydrogens (tertiary/aromatic N) is 1. The topological polar surface area (TPSA) is 97.1 Å². The molecule has 132 valence electrons. The molecule has 1 heterocycles. The fraction of sp³-hybridized carbons (Fsp3) is 0.316. The lowest BCUT2D eigenvalue weighted by Gasteiger charge is -2.08. The summed E-state index contributed by atoms with van der Waals surface area (Å²) in [5, 5.41) is 5.63. The molecule has 1 aromatic heterocycles. The van der Waals surface area contributed by atoms with Gasteiger partial charge in [0.1, 0.15) is 0 Å². The van der Waals surface area contributed by atoms with Gasteiger partial charge in [0.15, 0.2) is 0 Å². The Balaban J connectivity index is 1.85. The summed E-state index contributed by atoms with van der Waals surface area (Å²) < 4.78 is 0. The van der Waals surface area contributed by atoms with Crippen molar-refractivity contribution in [2.24, 2.45) is 5.73 Å². The van der Waals surface area contributed by atoms with Crippen LogP contribution in [-0.2, 0) is 4.79 Å². The van der Waals surface area contributed by atoms with Crippen molar-refractivity contribution < 1.29 is 9.59 Å². The number of nitrogens with one attached hydrogen (secondary N) is 2. The number of carbonyl (C=O) groups is 2. The van der Waals surface area contributed by atoms with Crippen molar-refractivity contribution in [1.29, 1.82) is 0 Å². The van der Waals surface area contributed by atoms with E-state index in [-0.39, 0.29) is 11.8 Å². The third-order valence-corrected chi connectivity index (χ3v) is 3.70. The standard InChI is InChI=1S/C19H24N4O2/c20-11-4-2-1-3-8-18(24)22-17-7-5-6-15(14-17)19(25)23-16-9-12-21-13-10-16/h5-7,9-10,12-14H,1-4,8,11,20H2,(H,22,24)(H,21,23,25). The van der Waals surface area contributed by atoms with Gasteiger partial charge in [-0.3, -0.25) is 14.6 Å². The van der Waals surface area contributed by atoms with Gasteiger partial charge >= 0.3 is 0 Å². The zero-order valence-electron chi connectivity index (χ0n) is 14.2. The van der Waals surface area contributed by atoms with Gasteiger partial charge in [-0.15, -0.1) is 0 Å². The summed E-state index contributed by atoms with van der Waals surface area (Å²) in [5.41, 5.74) is 7.22. The average Bonchev–Trinajstić information content (AvgIpc) is 2.62. The largest absolute Gasteiger partial charge is 0.330 e. The summed E-state index contributed by atoms with van der Waals surface area (Å²) in [4.78, 5) is 28.2. The summed E-state index contributed by atoms with van der Waals surface area (Å²) >= 11 is 0. The zero-order chi connectivity index (χ0) is 17.9. The van der Waals surface area contributed by atoms with E-state index in [4.69, 9.17) is 5.73 Å². The van der Waals surface area contributed by atoms with E-state index in [1.54, 1.807) is 48.8 Å². The van der Waals surface area contributed by atoms with Gasteiger partial charge in [-0.25, -0.2) is 0 Å². The van der Waals surface area contributed by atoms with E-state index in [0.29, 0.717) is 29.9 Å². The monoisotopic (exact) mass is 340 g/mol. The third kappa shape index (κ3) is 6.73. The van der Waals surface area contributed by atoms with Crippen LogP contribution in [0.5, 0.6) is 0 Å². The lowest BCUT2D eigenvalue weighted by atomic mass is 10.1. The maximum absolute atomic E-state index is 12.3. The van der Waals surface area contributed by atoms with E-state index in [0.717, 1.165) is 25.7 Å². The van der Waals surface area contributed by atoms with Crippen molar-refractivity contribution in [3.8, 4) is 0 Å². The molecule has 2 rings (SSSR count). The average molecular weight is 340 g/mol. The van der Waals surface area contributed by atoms with Crippen molar-refractivity contribution >= 4 is 23.2 Å². The molecule has 1 aromatic carbocycles. The lowest BCUT2D eigenvalue weighted by molar-refractivity contribution is -0.116. The van der Waals surface area contributed by atoms with E-state index >= 15 is 0 Å². The third-order valence-electron chi connectivity index (χ3n) is 3.70. The van der Waals surface area contributed by atoms with Crippen LogP contribution >= 0.6 is 0 Å². The Hall–Kier alpha value is -2.73. The Labute approximate surface area is 147 Å². The number of rotatable bonds is 9. The molecule has 0 saturated heterocycles. The van der Waals surface area contributed by atoms with Gasteiger partial charge in [0.25, 0.3) is 5.91 Å². The van der Waals surface area contributed by atoms with Crippen molar-refractivity contribution in [2.45, 2.75) is 32.1 Å². The molecule has 4 N–H and O–H groups in total. The molecular weight excluding hydrogens is 316 g/mol. The first-order chi connectivity index (χ1) is 12.2. The van der Waals surface area contributed by atoms with Crippen LogP contribution in [0.25, 0.3) is 0 Å². The lowest BCUT2D eigenvalue weighted by Crippen LogP contribution is -2.14. The summed E-state index contributed by atoms with van der Waals surface area (Å²) in [5.74, 6) is -0.275. The van der Waals surface area contributed by atoms with Crippen LogP contribution in [0.1, 0.15) is 42.5 Å². The minimum Gasteiger partial charge on any atom is -0.330 e. The highest BCUT2D eigenvalue weighted by atomic mass is 16.2. The first-order valence-corrected chi connectivity index (χ1v) is 8.50. The first kappa shape index (κ1) is 18.6. The van der Waals surface area contributed by atoms with Crippen LogP contribution in [0.15, 0.2) is 48.8 Å². The SMILES string of the molecule is NCCCCCCC(=O)Nc1cccc(C(=O)Nc2ccncc2)c1. The van der Waals surface area contributed by atoms with Gasteiger partial charge < -0.3 is 16.4 Å². The fourth-order valence-corrected chi connectivity index (χ4v) is 2.38. The molecule has 0 radical (unpaired) electrons. The van der Waals surface area contributed by atoms with Crippen molar-refractivity contribution in [2.75, 3.05) is 17.2 Å². The summed E-state index contributed by atoms with van der Waals surface area (Å²) in [6.07, 6.45) is 7.58. The molecule has 0 unspecified atom stereocenters. The second kappa shape index (κ2) is 10.2. The van der Waals surface area contributed by atoms with Crippen LogP contribution in [0.2, 0.25) is 0 Å². The second-order valence-electron chi connectivity index (χ2n) is 5.77. The van der Waals surface area contributed by atoms with E-state index in [2.05, 4.69) is 15.6 Å². The summed E-state index contributed by atoms with van der Waals surface area (Å²) in [6, 6.07) is 10.3. The van der Waals surface area contributed by atoms with Crippen LogP contribution in [0.3, 0.4) is 0 Å². The molecule has 0 aliphatic heterocycles. The maximum Gasteiger partial charge on any atom is 0.255 e. The molecule has 2 aromatic rings. The van der Waals surface area contributed by atoms with E-state index in [9.17, 15) is 9.59 Å². The number of amides is 2. The number of benzene rings is 1. The Morgan fingerprint density at radius 2 is 1.68 bits per heavy atom. The summed E-state index contributed by atoms with van der Waals surface area (Å²) in [6.45, 7) is 0.695. The highest BCUT2D eigenvalue weighted by Gasteiger charge is 2.08. The molecule has 0 fully saturated rings. The molecule has 2 amide bonds. The van der Waals surface area contributed by atoms with Crippen LogP contribution in [0, 0.1) is 0 Å². The Morgan fingerprint density at radius 3 is 2.44 bits per heavy atom. The molecule has 0 aliphatic rings. The zero-order valence-corrected chi connectivity index (χ0v) is 14.2. The fourth-order valence-electron chi connectivity index (χ4n) is 2.38. The number of hydrogen-bond acceptors (Lipinski definition) is 4. The Bertz CT molecular complexity index is 689. The molecular formula is C19H24N4O2. The van der Waals surface area contributed by atoms with Gasteiger partial charge in [0.2, 0.25) is 5.91 Å². The number of aromatic nitrogens is 1. The number of nitrogens with two attached hydrogens (primary N) is 1. The maximum atomic E-state index is 12.3. The number of unbranched alkanes of at least 4 members (excludes halogenated alkanes) is 3. The van der Waals surface area contributed by atoms with Gasteiger partial charge in [0, 0.05) is 35.8 Å². The molecule has 0 bridgehead atoms. The number of anilines is 2. The second-order valence-corrected chi connectivity index (χ2v) is 5.77. The van der Waals surface area contributed by atoms with Gasteiger partial charge in [0.05, 0.1) is 0 Å². The van der Waals surface area contributed by atoms with Gasteiger partial charge in [-0.1, -0.05) is 18.9 Å². The van der Waals surface area contributed by atoms with E-state index in [1.165, 1.54) is 0 Å². The highest BCUT2D eigenvalue weighted by molar-refractivity contribution is 6.05. The quantitative estimate of drug-likeness (QED) is 0.611. The minimum absolute atomic E-state index is 0.0422. The number of hydrogen-bond donors (Lipinski definition) is 3. The number of carbonyl (C=O) groups excluding carboxylic acids is 2. The van der Waals surface area contributed by atoms with Crippen molar-refractivity contribution in [3.05, 3.63) is 54.4 Å². The van der Waals surface area contributed by atoms with Gasteiger partial charge in [-0.2, -0.15) is 0 Å². The summed E-state index contributed by atoms with van der Waals surface area (Å²) in [7, 11) is 0. The Morgan fingerprint density at radius 1 is 0.920 bits per heavy atom. The van der Waals surface area contributed by atoms with Crippen LogP contribution in [-0.4, -0.2) is 23.3 Å². The predicted molar refractivity (Wildman–Crippen MR) is 99.4 cm³/mol. The van der Waals surface area contributed by atoms with Gasteiger partial charge in [-0.05, 0) is 49.7 Å². The highest BCUT2D eigenvalue weighted by Crippen LogP contribution is 2.14. The normalized spacial score (nSPS) is 10.3. The van der Waals surface area contributed by atoms with Crippen molar-refractivity contribution in [1.82, 2.24) is 4.98 Å². The molecule has 0 atom stereocenters. The molecule has 6 heteroatoms. The van der Waals surface area contributed by atoms with Crippen molar-refractivity contribution in [3.63, 3.8) is 0 Å². The van der Waals surface area contributed by atoms with E-state index in [1.807, 2.05) is 0 Å². The molecule has 25 heavy (non-hydrogen) atoms. The van der Waals surface area contributed by atoms with E-state index < -0.39 is 0 Å². The molecule has 0 aliphatic carbocycles. The molecule has 6 nitrogen and oxygen atoms in total.